The molecule has 1 amide bonds. The van der Waals surface area contributed by atoms with Crippen LogP contribution in [0.25, 0.3) is 22.4 Å². The van der Waals surface area contributed by atoms with Crippen molar-refractivity contribution in [1.29, 1.82) is 0 Å². The molecule has 4 aromatic rings. The molecule has 0 aliphatic heterocycles. The quantitative estimate of drug-likeness (QED) is 0.580. The van der Waals surface area contributed by atoms with Crippen LogP contribution in [0.3, 0.4) is 0 Å². The third-order valence-electron chi connectivity index (χ3n) is 4.36. The maximum Gasteiger partial charge on any atom is 0.267 e. The molecule has 0 saturated heterocycles. The summed E-state index contributed by atoms with van der Waals surface area (Å²) in [6.07, 6.45) is 3.23. The Balaban J connectivity index is 1.66. The summed E-state index contributed by atoms with van der Waals surface area (Å²) in [6.45, 7) is 3.27. The zero-order valence-corrected chi connectivity index (χ0v) is 14.8. The molecular formula is C19H17N5O3. The van der Waals surface area contributed by atoms with Gasteiger partial charge in [0, 0.05) is 17.1 Å². The van der Waals surface area contributed by atoms with Crippen LogP contribution in [0.1, 0.15) is 13.8 Å². The van der Waals surface area contributed by atoms with Gasteiger partial charge in [0.15, 0.2) is 5.76 Å². The van der Waals surface area contributed by atoms with E-state index >= 15 is 0 Å². The van der Waals surface area contributed by atoms with Gasteiger partial charge >= 0.3 is 0 Å². The molecule has 0 aliphatic carbocycles. The van der Waals surface area contributed by atoms with Crippen molar-refractivity contribution in [1.82, 2.24) is 20.0 Å². The lowest BCUT2D eigenvalue weighted by Gasteiger charge is -2.25. The van der Waals surface area contributed by atoms with Gasteiger partial charge in [0.1, 0.15) is 11.2 Å². The Bertz CT molecular complexity index is 1170. The highest BCUT2D eigenvalue weighted by molar-refractivity contribution is 5.97. The van der Waals surface area contributed by atoms with Crippen LogP contribution < -0.4 is 10.9 Å². The van der Waals surface area contributed by atoms with E-state index in [9.17, 15) is 9.59 Å². The second-order valence-corrected chi connectivity index (χ2v) is 6.63. The minimum Gasteiger partial charge on any atom is -0.463 e. The van der Waals surface area contributed by atoms with E-state index in [4.69, 9.17) is 4.42 Å². The van der Waals surface area contributed by atoms with Crippen LogP contribution in [0.15, 0.2) is 64.1 Å². The van der Waals surface area contributed by atoms with Gasteiger partial charge in [-0.15, -0.1) is 0 Å². The van der Waals surface area contributed by atoms with Gasteiger partial charge in [-0.3, -0.25) is 14.7 Å². The average molecular weight is 363 g/mol. The van der Waals surface area contributed by atoms with E-state index in [1.807, 2.05) is 6.07 Å². The van der Waals surface area contributed by atoms with E-state index < -0.39 is 5.54 Å². The summed E-state index contributed by atoms with van der Waals surface area (Å²) in [4.78, 5) is 25.3. The van der Waals surface area contributed by atoms with Gasteiger partial charge in [0.05, 0.1) is 18.0 Å². The normalized spacial score (nSPS) is 11.6. The van der Waals surface area contributed by atoms with Gasteiger partial charge in [-0.25, -0.2) is 4.68 Å². The number of carbonyl (C=O) groups excluding carboxylic acids is 1. The van der Waals surface area contributed by atoms with E-state index in [0.29, 0.717) is 17.1 Å². The first-order chi connectivity index (χ1) is 12.9. The predicted octanol–water partition coefficient (Wildman–Crippen LogP) is 2.75. The average Bonchev–Trinajstić information content (AvgIpc) is 3.33. The molecule has 8 nitrogen and oxygen atoms in total. The molecule has 8 heteroatoms. The minimum absolute atomic E-state index is 0.368. The van der Waals surface area contributed by atoms with Crippen molar-refractivity contribution in [3.05, 3.63) is 65.3 Å². The Morgan fingerprint density at radius 3 is 2.85 bits per heavy atom. The number of aromatic amines is 1. The number of hydrogen-bond acceptors (Lipinski definition) is 5. The van der Waals surface area contributed by atoms with Gasteiger partial charge in [-0.2, -0.15) is 10.2 Å². The van der Waals surface area contributed by atoms with Gasteiger partial charge in [0.25, 0.3) is 11.5 Å². The summed E-state index contributed by atoms with van der Waals surface area (Å²) in [7, 11) is 0. The minimum atomic E-state index is -1.22. The van der Waals surface area contributed by atoms with Crippen molar-refractivity contribution in [3.8, 4) is 11.5 Å². The lowest BCUT2D eigenvalue weighted by atomic mass is 10.0. The van der Waals surface area contributed by atoms with Gasteiger partial charge in [-0.1, -0.05) is 0 Å². The molecule has 3 aromatic heterocycles. The first-order valence-electron chi connectivity index (χ1n) is 8.34. The van der Waals surface area contributed by atoms with Crippen LogP contribution in [0, 0.1) is 0 Å². The number of hydrogen-bond donors (Lipinski definition) is 2. The summed E-state index contributed by atoms with van der Waals surface area (Å²) in [6, 6.07) is 11.8. The zero-order chi connectivity index (χ0) is 19.0. The molecule has 0 bridgehead atoms. The van der Waals surface area contributed by atoms with Crippen molar-refractivity contribution in [2.45, 2.75) is 19.4 Å². The van der Waals surface area contributed by atoms with Crippen LogP contribution in [0.2, 0.25) is 0 Å². The lowest BCUT2D eigenvalue weighted by molar-refractivity contribution is -0.123. The first kappa shape index (κ1) is 16.8. The van der Waals surface area contributed by atoms with Crippen LogP contribution >= 0.6 is 0 Å². The van der Waals surface area contributed by atoms with Crippen LogP contribution in [-0.4, -0.2) is 25.9 Å². The second kappa shape index (κ2) is 6.24. The number of rotatable bonds is 4. The molecular weight excluding hydrogens is 346 g/mol. The predicted molar refractivity (Wildman–Crippen MR) is 100 cm³/mol. The molecule has 1 aromatic carbocycles. The third kappa shape index (κ3) is 3.01. The number of furan rings is 1. The van der Waals surface area contributed by atoms with E-state index in [0.717, 1.165) is 15.6 Å². The van der Waals surface area contributed by atoms with Crippen molar-refractivity contribution in [2.24, 2.45) is 0 Å². The molecule has 136 valence electrons. The Morgan fingerprint density at radius 1 is 1.22 bits per heavy atom. The van der Waals surface area contributed by atoms with Gasteiger partial charge < -0.3 is 9.73 Å². The number of nitrogens with one attached hydrogen (secondary N) is 2. The number of amides is 1. The molecule has 27 heavy (non-hydrogen) atoms. The molecule has 0 saturated carbocycles. The Hall–Kier alpha value is -3.68. The number of benzene rings is 1. The van der Waals surface area contributed by atoms with Crippen molar-refractivity contribution >= 4 is 22.5 Å². The van der Waals surface area contributed by atoms with Gasteiger partial charge in [-0.05, 0) is 50.2 Å². The highest BCUT2D eigenvalue weighted by Gasteiger charge is 2.32. The van der Waals surface area contributed by atoms with E-state index in [2.05, 4.69) is 20.6 Å². The monoisotopic (exact) mass is 363 g/mol. The maximum absolute atomic E-state index is 12.9. The number of nitrogens with zero attached hydrogens (tertiary/aromatic N) is 3. The molecule has 4 rings (SSSR count). The van der Waals surface area contributed by atoms with Crippen LogP contribution in [-0.2, 0) is 10.3 Å². The summed E-state index contributed by atoms with van der Waals surface area (Å²) >= 11 is 0. The van der Waals surface area contributed by atoms with E-state index in [-0.39, 0.29) is 11.5 Å². The molecule has 0 fully saturated rings. The summed E-state index contributed by atoms with van der Waals surface area (Å²) < 4.78 is 6.49. The van der Waals surface area contributed by atoms with Crippen molar-refractivity contribution in [3.63, 3.8) is 0 Å². The third-order valence-corrected chi connectivity index (χ3v) is 4.36. The van der Waals surface area contributed by atoms with E-state index in [1.165, 1.54) is 12.3 Å². The Morgan fingerprint density at radius 2 is 2.07 bits per heavy atom. The van der Waals surface area contributed by atoms with Crippen LogP contribution in [0.4, 0.5) is 5.69 Å². The smallest absolute Gasteiger partial charge is 0.267 e. The fraction of sp³-hybridized carbons (Fsp3) is 0.158. The van der Waals surface area contributed by atoms with Crippen molar-refractivity contribution < 1.29 is 9.21 Å². The molecule has 0 aliphatic rings. The van der Waals surface area contributed by atoms with Crippen molar-refractivity contribution in [2.75, 3.05) is 5.32 Å². The Kier molecular flexibility index (Phi) is 3.88. The maximum atomic E-state index is 12.9. The second-order valence-electron chi connectivity index (χ2n) is 6.63. The number of aromatic nitrogens is 4. The highest BCUT2D eigenvalue weighted by atomic mass is 16.3. The zero-order valence-electron chi connectivity index (χ0n) is 14.8. The number of H-pyrrole nitrogens is 1. The number of anilines is 1. The summed E-state index contributed by atoms with van der Waals surface area (Å²) in [5.41, 5.74) is 0.275. The fourth-order valence-electron chi connectivity index (χ4n) is 2.76. The molecule has 2 N–H and O–H groups in total. The summed E-state index contributed by atoms with van der Waals surface area (Å²) in [5.74, 6) is 0.150. The molecule has 0 unspecified atom stereocenters. The molecule has 3 heterocycles. The number of carbonyl (C=O) groups is 1. The summed E-state index contributed by atoms with van der Waals surface area (Å²) in [5, 5.41) is 14.9. The topological polar surface area (TPSA) is 106 Å². The standard InChI is InChI=1S/C19H17N5O3/c1-19(2,18(26)21-13-6-5-12-11-20-22-15(12)10-13)24-17(25)8-7-14(23-24)16-4-3-9-27-16/h3-11H,1-2H3,(H,20,22)(H,21,26). The highest BCUT2D eigenvalue weighted by Crippen LogP contribution is 2.21. The molecule has 0 atom stereocenters. The van der Waals surface area contributed by atoms with Crippen LogP contribution in [0.5, 0.6) is 0 Å². The fourth-order valence-corrected chi connectivity index (χ4v) is 2.76. The molecule has 0 spiro atoms. The largest absolute Gasteiger partial charge is 0.463 e. The van der Waals surface area contributed by atoms with E-state index in [1.54, 1.807) is 50.4 Å². The molecule has 0 radical (unpaired) electrons. The Labute approximate surface area is 153 Å². The van der Waals surface area contributed by atoms with Gasteiger partial charge in [0.2, 0.25) is 0 Å². The first-order valence-corrected chi connectivity index (χ1v) is 8.34. The lowest BCUT2D eigenvalue weighted by Crippen LogP contribution is -2.47. The SMILES string of the molecule is CC(C)(C(=O)Nc1ccc2cn[nH]c2c1)n1nc(-c2ccco2)ccc1=O. The number of fused-ring (bicyclic) bond motifs is 1.